The van der Waals surface area contributed by atoms with E-state index in [2.05, 4.69) is 26.9 Å². The van der Waals surface area contributed by atoms with Crippen molar-refractivity contribution < 1.29 is 19.2 Å². The van der Waals surface area contributed by atoms with E-state index in [1.807, 2.05) is 30.3 Å². The van der Waals surface area contributed by atoms with Gasteiger partial charge in [0, 0.05) is 50.4 Å². The Morgan fingerprint density at radius 2 is 1.74 bits per heavy atom. The van der Waals surface area contributed by atoms with Gasteiger partial charge in [-0.25, -0.2) is 4.79 Å². The number of nitro groups is 1. The number of esters is 1. The molecule has 9 heteroatoms. The molecular weight excluding hydrogens is 400 g/mol. The summed E-state index contributed by atoms with van der Waals surface area (Å²) in [5, 5.41) is 14.3. The molecule has 0 aromatic heterocycles. The zero-order valence-electron chi connectivity index (χ0n) is 17.6. The molecule has 9 nitrogen and oxygen atoms in total. The Labute approximate surface area is 180 Å². The Balaban J connectivity index is 1.85. The first-order chi connectivity index (χ1) is 14.9. The van der Waals surface area contributed by atoms with Gasteiger partial charge in [0.2, 0.25) is 0 Å². The van der Waals surface area contributed by atoms with Crippen LogP contribution in [0.4, 0.5) is 5.69 Å². The molecule has 2 aromatic rings. The normalized spacial score (nSPS) is 15.8. The molecule has 1 saturated heterocycles. The highest BCUT2D eigenvalue weighted by Gasteiger charge is 2.24. The van der Waals surface area contributed by atoms with Crippen molar-refractivity contribution in [2.45, 2.75) is 6.04 Å². The SMILES string of the molecule is COC(=O)c1cc(C(=O)NC(CN2CCN(C)CC2)c2ccccc2)cc([N+](=O)[O-])c1. The highest BCUT2D eigenvalue weighted by atomic mass is 16.6. The van der Waals surface area contributed by atoms with E-state index in [1.54, 1.807) is 0 Å². The minimum atomic E-state index is -0.741. The second-order valence-electron chi connectivity index (χ2n) is 7.56. The Kier molecular flexibility index (Phi) is 7.32. The van der Waals surface area contributed by atoms with Crippen LogP contribution in [0.15, 0.2) is 48.5 Å². The van der Waals surface area contributed by atoms with Crippen LogP contribution in [0.3, 0.4) is 0 Å². The van der Waals surface area contributed by atoms with E-state index in [4.69, 9.17) is 0 Å². The van der Waals surface area contributed by atoms with E-state index in [1.165, 1.54) is 19.2 Å². The fourth-order valence-electron chi connectivity index (χ4n) is 3.53. The molecule has 2 aromatic carbocycles. The maximum atomic E-state index is 13.0. The van der Waals surface area contributed by atoms with Crippen LogP contribution in [0.5, 0.6) is 0 Å². The van der Waals surface area contributed by atoms with Gasteiger partial charge in [0.05, 0.1) is 23.6 Å². The number of ether oxygens (including phenoxy) is 1. The van der Waals surface area contributed by atoms with Crippen LogP contribution in [0.1, 0.15) is 32.3 Å². The molecule has 1 atom stereocenters. The van der Waals surface area contributed by atoms with Crippen LogP contribution in [-0.4, -0.2) is 73.5 Å². The lowest BCUT2D eigenvalue weighted by atomic mass is 10.0. The highest BCUT2D eigenvalue weighted by molar-refractivity contribution is 5.99. The van der Waals surface area contributed by atoms with Gasteiger partial charge in [0.15, 0.2) is 0 Å². The summed E-state index contributed by atoms with van der Waals surface area (Å²) in [5.74, 6) is -1.23. The van der Waals surface area contributed by atoms with Crippen molar-refractivity contribution in [3.63, 3.8) is 0 Å². The maximum absolute atomic E-state index is 13.0. The van der Waals surface area contributed by atoms with Crippen molar-refractivity contribution in [2.75, 3.05) is 46.9 Å². The van der Waals surface area contributed by atoms with Crippen molar-refractivity contribution >= 4 is 17.6 Å². The predicted octanol–water partition coefficient (Wildman–Crippen LogP) is 2.10. The molecule has 31 heavy (non-hydrogen) atoms. The third-order valence-electron chi connectivity index (χ3n) is 5.36. The molecular formula is C22H26N4O5. The summed E-state index contributed by atoms with van der Waals surface area (Å²) in [7, 11) is 3.26. The number of carbonyl (C=O) groups excluding carboxylic acids is 2. The molecule has 3 rings (SSSR count). The Bertz CT molecular complexity index is 942. The van der Waals surface area contributed by atoms with E-state index in [-0.39, 0.29) is 22.9 Å². The molecule has 1 aliphatic rings. The lowest BCUT2D eigenvalue weighted by Crippen LogP contribution is -2.47. The number of carbonyl (C=O) groups is 2. The number of non-ortho nitro benzene ring substituents is 1. The zero-order chi connectivity index (χ0) is 22.4. The smallest absolute Gasteiger partial charge is 0.338 e. The summed E-state index contributed by atoms with van der Waals surface area (Å²) in [5.41, 5.74) is 0.586. The van der Waals surface area contributed by atoms with E-state index < -0.39 is 16.8 Å². The molecule has 1 N–H and O–H groups in total. The number of piperazine rings is 1. The van der Waals surface area contributed by atoms with Gasteiger partial charge >= 0.3 is 5.97 Å². The van der Waals surface area contributed by atoms with Gasteiger partial charge in [-0.3, -0.25) is 19.8 Å². The summed E-state index contributed by atoms with van der Waals surface area (Å²) in [6.45, 7) is 4.28. The summed E-state index contributed by atoms with van der Waals surface area (Å²) in [4.78, 5) is 40.1. The molecule has 1 unspecified atom stereocenters. The number of nitro benzene ring substituents is 1. The van der Waals surface area contributed by atoms with Crippen molar-refractivity contribution in [2.24, 2.45) is 0 Å². The van der Waals surface area contributed by atoms with Gasteiger partial charge < -0.3 is 15.0 Å². The number of rotatable bonds is 7. The zero-order valence-corrected chi connectivity index (χ0v) is 17.6. The van der Waals surface area contributed by atoms with Gasteiger partial charge in [-0.05, 0) is 18.7 Å². The summed E-state index contributed by atoms with van der Waals surface area (Å²) >= 11 is 0. The lowest BCUT2D eigenvalue weighted by Gasteiger charge is -2.35. The third-order valence-corrected chi connectivity index (χ3v) is 5.36. The molecule has 1 aliphatic heterocycles. The van der Waals surface area contributed by atoms with Crippen LogP contribution in [0.2, 0.25) is 0 Å². The average Bonchev–Trinajstić information content (AvgIpc) is 2.79. The molecule has 1 fully saturated rings. The number of benzene rings is 2. The Morgan fingerprint density at radius 1 is 1.10 bits per heavy atom. The summed E-state index contributed by atoms with van der Waals surface area (Å²) in [6, 6.07) is 12.9. The number of hydrogen-bond donors (Lipinski definition) is 1. The summed E-state index contributed by atoms with van der Waals surface area (Å²) < 4.78 is 4.66. The minimum absolute atomic E-state index is 0.0360. The standard InChI is InChI=1S/C22H26N4O5/c1-24-8-10-25(11-9-24)15-20(16-6-4-3-5-7-16)23-21(27)17-12-18(22(28)31-2)14-19(13-17)26(29)30/h3-7,12-14,20H,8-11,15H2,1-2H3,(H,23,27). The Hall–Kier alpha value is -3.30. The number of amides is 1. The second-order valence-corrected chi connectivity index (χ2v) is 7.56. The average molecular weight is 426 g/mol. The quantitative estimate of drug-likeness (QED) is 0.411. The van der Waals surface area contributed by atoms with Crippen LogP contribution in [0, 0.1) is 10.1 Å². The van der Waals surface area contributed by atoms with Crippen molar-refractivity contribution in [3.8, 4) is 0 Å². The van der Waals surface area contributed by atoms with Crippen molar-refractivity contribution in [1.82, 2.24) is 15.1 Å². The maximum Gasteiger partial charge on any atom is 0.338 e. The van der Waals surface area contributed by atoms with Gasteiger partial charge in [-0.15, -0.1) is 0 Å². The van der Waals surface area contributed by atoms with Gasteiger partial charge in [-0.2, -0.15) is 0 Å². The molecule has 0 radical (unpaired) electrons. The van der Waals surface area contributed by atoms with Crippen molar-refractivity contribution in [3.05, 3.63) is 75.3 Å². The minimum Gasteiger partial charge on any atom is -0.465 e. The molecule has 1 heterocycles. The number of nitrogens with one attached hydrogen (secondary N) is 1. The van der Waals surface area contributed by atoms with Crippen LogP contribution >= 0.6 is 0 Å². The van der Waals surface area contributed by atoms with E-state index >= 15 is 0 Å². The number of nitrogens with zero attached hydrogens (tertiary/aromatic N) is 3. The number of methoxy groups -OCH3 is 1. The topological polar surface area (TPSA) is 105 Å². The predicted molar refractivity (Wildman–Crippen MR) is 115 cm³/mol. The first-order valence-corrected chi connectivity index (χ1v) is 10.0. The molecule has 164 valence electrons. The fraction of sp³-hybridized carbons (Fsp3) is 0.364. The van der Waals surface area contributed by atoms with Crippen molar-refractivity contribution in [1.29, 1.82) is 0 Å². The molecule has 0 saturated carbocycles. The fourth-order valence-corrected chi connectivity index (χ4v) is 3.53. The number of hydrogen-bond acceptors (Lipinski definition) is 7. The highest BCUT2D eigenvalue weighted by Crippen LogP contribution is 2.21. The van der Waals surface area contributed by atoms with E-state index in [0.29, 0.717) is 6.54 Å². The van der Waals surface area contributed by atoms with Crippen LogP contribution < -0.4 is 5.32 Å². The molecule has 0 bridgehead atoms. The van der Waals surface area contributed by atoms with Crippen LogP contribution in [0.25, 0.3) is 0 Å². The first-order valence-electron chi connectivity index (χ1n) is 10.0. The van der Waals surface area contributed by atoms with Gasteiger partial charge in [-0.1, -0.05) is 30.3 Å². The molecule has 0 spiro atoms. The second kappa shape index (κ2) is 10.1. The first kappa shape index (κ1) is 22.4. The van der Waals surface area contributed by atoms with Crippen LogP contribution in [-0.2, 0) is 4.74 Å². The lowest BCUT2D eigenvalue weighted by molar-refractivity contribution is -0.384. The monoisotopic (exact) mass is 426 g/mol. The largest absolute Gasteiger partial charge is 0.465 e. The van der Waals surface area contributed by atoms with E-state index in [9.17, 15) is 19.7 Å². The summed E-state index contributed by atoms with van der Waals surface area (Å²) in [6.07, 6.45) is 0. The molecule has 1 amide bonds. The number of likely N-dealkylation sites (N-methyl/N-ethyl adjacent to an activating group) is 1. The van der Waals surface area contributed by atoms with Gasteiger partial charge in [0.25, 0.3) is 11.6 Å². The van der Waals surface area contributed by atoms with E-state index in [0.717, 1.165) is 37.8 Å². The Morgan fingerprint density at radius 3 is 2.35 bits per heavy atom. The molecule has 0 aliphatic carbocycles. The van der Waals surface area contributed by atoms with Gasteiger partial charge in [0.1, 0.15) is 0 Å². The third kappa shape index (κ3) is 5.87.